The minimum Gasteiger partial charge on any atom is -0.464 e. The molecular weight excluding hydrogens is 212 g/mol. The van der Waals surface area contributed by atoms with Crippen molar-refractivity contribution in [3.8, 4) is 0 Å². The van der Waals surface area contributed by atoms with Crippen LogP contribution in [-0.2, 0) is 28.3 Å². The summed E-state index contributed by atoms with van der Waals surface area (Å²) in [6, 6.07) is 0. The second kappa shape index (κ2) is 3.48. The van der Waals surface area contributed by atoms with Crippen LogP contribution in [0.5, 0.6) is 0 Å². The lowest BCUT2D eigenvalue weighted by Gasteiger charge is -2.18. The van der Waals surface area contributed by atoms with E-state index in [4.69, 9.17) is 0 Å². The van der Waals surface area contributed by atoms with E-state index in [1.54, 1.807) is 6.92 Å². The van der Waals surface area contributed by atoms with Gasteiger partial charge < -0.3 is 4.74 Å². The first kappa shape index (κ1) is 11.4. The van der Waals surface area contributed by atoms with Crippen LogP contribution < -0.4 is 0 Å². The zero-order valence-corrected chi connectivity index (χ0v) is 8.96. The van der Waals surface area contributed by atoms with Crippen molar-refractivity contribution in [2.45, 2.75) is 32.5 Å². The van der Waals surface area contributed by atoms with Gasteiger partial charge in [0.2, 0.25) is 6.10 Å². The summed E-state index contributed by atoms with van der Waals surface area (Å²) in [5.41, 5.74) is -1.22. The Morgan fingerprint density at radius 3 is 2.43 bits per heavy atom. The summed E-state index contributed by atoms with van der Waals surface area (Å²) in [6.07, 6.45) is -1.23. The lowest BCUT2D eigenvalue weighted by Crippen LogP contribution is -2.40. The smallest absolute Gasteiger partial charge is 0.401 e. The van der Waals surface area contributed by atoms with Crippen molar-refractivity contribution in [2.24, 2.45) is 0 Å². The highest BCUT2D eigenvalue weighted by atomic mass is 32.3. The Balaban J connectivity index is 2.85. The predicted molar refractivity (Wildman–Crippen MR) is 45.6 cm³/mol. The first-order valence-electron chi connectivity index (χ1n) is 4.09. The van der Waals surface area contributed by atoms with Crippen molar-refractivity contribution in [3.05, 3.63) is 0 Å². The number of carbonyl (C=O) groups is 1. The molecule has 1 rings (SSSR count). The molecule has 0 bridgehead atoms. The van der Waals surface area contributed by atoms with Crippen molar-refractivity contribution in [1.82, 2.24) is 0 Å². The monoisotopic (exact) mass is 224 g/mol. The Morgan fingerprint density at radius 2 is 2.07 bits per heavy atom. The van der Waals surface area contributed by atoms with Crippen LogP contribution in [0.2, 0.25) is 0 Å². The average molecular weight is 224 g/mol. The fraction of sp³-hybridized carbons (Fsp3) is 0.857. The number of hydrogen-bond donors (Lipinski definition) is 0. The second-order valence-electron chi connectivity index (χ2n) is 3.32. The highest BCUT2D eigenvalue weighted by molar-refractivity contribution is 7.82. The molecule has 6 nitrogen and oxygen atoms in total. The minimum absolute atomic E-state index is 0.162. The highest BCUT2D eigenvalue weighted by Gasteiger charge is 2.51. The lowest BCUT2D eigenvalue weighted by atomic mass is 10.0. The van der Waals surface area contributed by atoms with Crippen LogP contribution in [0.1, 0.15) is 20.8 Å². The van der Waals surface area contributed by atoms with Gasteiger partial charge in [-0.05, 0) is 20.8 Å². The lowest BCUT2D eigenvalue weighted by molar-refractivity contribution is -0.155. The molecular formula is C7H12O6S. The number of hydrogen-bond acceptors (Lipinski definition) is 6. The van der Waals surface area contributed by atoms with Crippen molar-refractivity contribution in [2.75, 3.05) is 6.61 Å². The molecule has 0 spiro atoms. The van der Waals surface area contributed by atoms with Crippen LogP contribution in [0.25, 0.3) is 0 Å². The van der Waals surface area contributed by atoms with E-state index in [2.05, 4.69) is 13.1 Å². The Bertz CT molecular complexity index is 330. The molecule has 1 heterocycles. The average Bonchev–Trinajstić information content (AvgIpc) is 2.19. The van der Waals surface area contributed by atoms with Crippen LogP contribution in [0.4, 0.5) is 0 Å². The number of rotatable bonds is 2. The summed E-state index contributed by atoms with van der Waals surface area (Å²) in [6.45, 7) is 4.67. The van der Waals surface area contributed by atoms with Gasteiger partial charge in [-0.1, -0.05) is 0 Å². The van der Waals surface area contributed by atoms with Gasteiger partial charge in [0.25, 0.3) is 0 Å². The van der Waals surface area contributed by atoms with Crippen LogP contribution >= 0.6 is 0 Å². The van der Waals surface area contributed by atoms with Gasteiger partial charge in [-0.2, -0.15) is 8.42 Å². The van der Waals surface area contributed by atoms with E-state index in [0.717, 1.165) is 0 Å². The molecule has 1 fully saturated rings. The number of carbonyl (C=O) groups excluding carboxylic acids is 1. The fourth-order valence-corrected chi connectivity index (χ4v) is 2.30. The number of ether oxygens (including phenoxy) is 1. The van der Waals surface area contributed by atoms with E-state index in [0.29, 0.717) is 0 Å². The third-order valence-electron chi connectivity index (χ3n) is 1.66. The van der Waals surface area contributed by atoms with Gasteiger partial charge in [0.1, 0.15) is 5.60 Å². The maximum atomic E-state index is 11.3. The van der Waals surface area contributed by atoms with Crippen LogP contribution in [0, 0.1) is 0 Å². The van der Waals surface area contributed by atoms with E-state index in [9.17, 15) is 13.2 Å². The zero-order chi connectivity index (χ0) is 11.0. The zero-order valence-electron chi connectivity index (χ0n) is 8.14. The molecule has 1 aliphatic rings. The number of esters is 1. The molecule has 0 aromatic heterocycles. The van der Waals surface area contributed by atoms with Crippen molar-refractivity contribution in [3.63, 3.8) is 0 Å². The second-order valence-corrected chi connectivity index (χ2v) is 4.50. The first-order chi connectivity index (χ1) is 6.28. The van der Waals surface area contributed by atoms with Gasteiger partial charge in [0.15, 0.2) is 0 Å². The third kappa shape index (κ3) is 2.23. The molecule has 0 N–H and O–H groups in total. The summed E-state index contributed by atoms with van der Waals surface area (Å²) >= 11 is 0. The first-order valence-corrected chi connectivity index (χ1v) is 5.42. The molecule has 0 unspecified atom stereocenters. The molecule has 14 heavy (non-hydrogen) atoms. The quantitative estimate of drug-likeness (QED) is 0.614. The van der Waals surface area contributed by atoms with Gasteiger partial charge in [0.05, 0.1) is 6.61 Å². The molecule has 0 aromatic rings. The SMILES string of the molecule is CCOC(=O)[C@@H]1OS(=O)(=O)OC1(C)C. The summed E-state index contributed by atoms with van der Waals surface area (Å²) in [5.74, 6) is -0.737. The van der Waals surface area contributed by atoms with E-state index in [-0.39, 0.29) is 6.61 Å². The van der Waals surface area contributed by atoms with Gasteiger partial charge in [-0.15, -0.1) is 0 Å². The van der Waals surface area contributed by atoms with E-state index in [1.807, 2.05) is 0 Å². The van der Waals surface area contributed by atoms with E-state index >= 15 is 0 Å². The predicted octanol–water partition coefficient (Wildman–Crippen LogP) is -0.0117. The van der Waals surface area contributed by atoms with Crippen molar-refractivity contribution < 1.29 is 26.3 Å². The van der Waals surface area contributed by atoms with Gasteiger partial charge >= 0.3 is 16.4 Å². The van der Waals surface area contributed by atoms with Crippen LogP contribution in [-0.4, -0.2) is 32.7 Å². The van der Waals surface area contributed by atoms with Crippen molar-refractivity contribution in [1.29, 1.82) is 0 Å². The molecule has 1 aliphatic heterocycles. The molecule has 7 heteroatoms. The molecule has 0 aromatic carbocycles. The van der Waals surface area contributed by atoms with Gasteiger partial charge in [-0.3, -0.25) is 0 Å². The van der Waals surface area contributed by atoms with Gasteiger partial charge in [0, 0.05) is 0 Å². The van der Waals surface area contributed by atoms with Crippen molar-refractivity contribution >= 4 is 16.4 Å². The summed E-state index contributed by atoms with van der Waals surface area (Å²) < 4.78 is 35.5. The Hall–Kier alpha value is -0.660. The maximum absolute atomic E-state index is 11.3. The fourth-order valence-electron chi connectivity index (χ4n) is 1.10. The maximum Gasteiger partial charge on any atom is 0.401 e. The molecule has 0 radical (unpaired) electrons. The molecule has 1 atom stereocenters. The Labute approximate surface area is 82.5 Å². The molecule has 1 saturated heterocycles. The molecule has 0 aliphatic carbocycles. The summed E-state index contributed by atoms with van der Waals surface area (Å²) in [4.78, 5) is 11.3. The molecule has 0 saturated carbocycles. The highest BCUT2D eigenvalue weighted by Crippen LogP contribution is 2.31. The summed E-state index contributed by atoms with van der Waals surface area (Å²) in [7, 11) is -4.07. The van der Waals surface area contributed by atoms with E-state index in [1.165, 1.54) is 13.8 Å². The van der Waals surface area contributed by atoms with E-state index < -0.39 is 28.1 Å². The minimum atomic E-state index is -4.07. The molecule has 0 amide bonds. The Morgan fingerprint density at radius 1 is 1.50 bits per heavy atom. The van der Waals surface area contributed by atoms with Gasteiger partial charge in [-0.25, -0.2) is 13.2 Å². The normalized spacial score (nSPS) is 28.6. The van der Waals surface area contributed by atoms with Crippen LogP contribution in [0.15, 0.2) is 0 Å². The third-order valence-corrected chi connectivity index (χ3v) is 2.72. The Kier molecular flexibility index (Phi) is 2.84. The largest absolute Gasteiger partial charge is 0.464 e. The topological polar surface area (TPSA) is 78.9 Å². The van der Waals surface area contributed by atoms with Crippen LogP contribution in [0.3, 0.4) is 0 Å². The molecule has 82 valence electrons. The standard InChI is InChI=1S/C7H12O6S/c1-4-11-6(8)5-7(2,3)13-14(9,10)12-5/h5H,4H2,1-3H3/t5-/m0/s1. The summed E-state index contributed by atoms with van der Waals surface area (Å²) in [5, 5.41) is 0.